The fourth-order valence-corrected chi connectivity index (χ4v) is 13.2. The third kappa shape index (κ3) is 3.91. The van der Waals surface area contributed by atoms with Gasteiger partial charge < -0.3 is 4.42 Å². The quantitative estimate of drug-likeness (QED) is 0.183. The van der Waals surface area contributed by atoms with Crippen LogP contribution < -0.4 is 0 Å². The van der Waals surface area contributed by atoms with E-state index in [4.69, 9.17) is 14.4 Å². The Morgan fingerprint density at radius 1 is 0.537 bits per heavy atom. The molecule has 9 aromatic rings. The first kappa shape index (κ1) is 29.8. The molecule has 0 unspecified atom stereocenters. The van der Waals surface area contributed by atoms with Crippen molar-refractivity contribution < 1.29 is 4.42 Å². The number of hydrogen-bond donors (Lipinski definition) is 0. The first-order chi connectivity index (χ1) is 26.7. The lowest BCUT2D eigenvalue weighted by Gasteiger charge is -2.61. The summed E-state index contributed by atoms with van der Waals surface area (Å²) in [7, 11) is 0. The summed E-state index contributed by atoms with van der Waals surface area (Å²) in [5, 5.41) is 3.69. The van der Waals surface area contributed by atoms with E-state index in [1.165, 1.54) is 80.1 Å². The van der Waals surface area contributed by atoms with E-state index in [-0.39, 0.29) is 5.41 Å². The normalized spacial score (nSPS) is 23.6. The molecule has 0 aliphatic heterocycles. The predicted molar refractivity (Wildman–Crippen MR) is 222 cm³/mol. The first-order valence-corrected chi connectivity index (χ1v) is 20.5. The monoisotopic (exact) mass is 712 g/mol. The highest BCUT2D eigenvalue weighted by molar-refractivity contribution is 7.25. The summed E-state index contributed by atoms with van der Waals surface area (Å²) in [4.78, 5) is 10.9. The number of para-hydroxylation sites is 1. The number of benzene rings is 6. The first-order valence-electron chi connectivity index (χ1n) is 19.7. The summed E-state index contributed by atoms with van der Waals surface area (Å²) in [6, 6.07) is 49.2. The van der Waals surface area contributed by atoms with Crippen molar-refractivity contribution in [1.82, 2.24) is 9.97 Å². The molecule has 3 heterocycles. The van der Waals surface area contributed by atoms with Gasteiger partial charge in [-0.3, -0.25) is 0 Å². The molecule has 54 heavy (non-hydrogen) atoms. The maximum absolute atomic E-state index is 6.53. The minimum Gasteiger partial charge on any atom is -0.452 e. The molecule has 6 aromatic carbocycles. The van der Waals surface area contributed by atoms with E-state index in [1.54, 1.807) is 5.56 Å². The summed E-state index contributed by atoms with van der Waals surface area (Å²) in [6.45, 7) is 0. The van der Waals surface area contributed by atoms with Crippen LogP contribution in [0.3, 0.4) is 0 Å². The fraction of sp³-hybridized carbons (Fsp3) is 0.200. The van der Waals surface area contributed by atoms with Gasteiger partial charge in [-0.15, -0.1) is 11.3 Å². The SMILES string of the molecule is c1ccc(-c2nc(-c3cc(-c4ccc5c(c4)sc4ccccc45)c4c(c3)C3(c5ccccc5-4)C4CC5CC(C4)CC3C5)nc3c2oc2ccccc23)cc1. The standard InChI is InChI=1S/C50H36N2OS/c1-2-10-30(11-3-1)46-48-47(38-14-5-8-16-42(38)53-48)52-49(51-46)32-25-39(31-18-19-36-35-12-6-9-17-43(35)54-44(36)27-31)45-37-13-4-7-15-40(37)50(41(45)26-32)33-21-28-20-29(23-33)24-34(50)22-28/h1-19,25-29,33-34H,20-24H2. The average Bonchev–Trinajstić information content (AvgIpc) is 3.87. The smallest absolute Gasteiger partial charge is 0.180 e. The molecule has 4 fully saturated rings. The molecule has 1 spiro atoms. The van der Waals surface area contributed by atoms with Gasteiger partial charge in [0.25, 0.3) is 0 Å². The Bertz CT molecular complexity index is 3000. The van der Waals surface area contributed by atoms with Crippen molar-refractivity contribution in [3.8, 4) is 44.9 Å². The topological polar surface area (TPSA) is 38.9 Å². The van der Waals surface area contributed by atoms with Gasteiger partial charge in [-0.05, 0) is 126 Å². The van der Waals surface area contributed by atoms with Crippen LogP contribution in [-0.2, 0) is 5.41 Å². The van der Waals surface area contributed by atoms with Crippen LogP contribution in [-0.4, -0.2) is 9.97 Å². The van der Waals surface area contributed by atoms with Crippen molar-refractivity contribution in [3.63, 3.8) is 0 Å². The Morgan fingerprint density at radius 2 is 1.26 bits per heavy atom. The van der Waals surface area contributed by atoms with E-state index in [0.717, 1.165) is 56.6 Å². The van der Waals surface area contributed by atoms with Crippen LogP contribution in [0, 0.1) is 23.7 Å². The number of nitrogens with zero attached hydrogens (tertiary/aromatic N) is 2. The van der Waals surface area contributed by atoms with Crippen molar-refractivity contribution in [2.45, 2.75) is 37.5 Å². The molecular formula is C50H36N2OS. The van der Waals surface area contributed by atoms with Crippen LogP contribution in [0.1, 0.15) is 43.2 Å². The van der Waals surface area contributed by atoms with Crippen LogP contribution in [0.4, 0.5) is 0 Å². The second kappa shape index (κ2) is 10.8. The molecule has 14 rings (SSSR count). The lowest BCUT2D eigenvalue weighted by molar-refractivity contribution is -0.0399. The van der Waals surface area contributed by atoms with E-state index in [1.807, 2.05) is 23.5 Å². The van der Waals surface area contributed by atoms with E-state index in [2.05, 4.69) is 121 Å². The predicted octanol–water partition coefficient (Wildman–Crippen LogP) is 13.5. The summed E-state index contributed by atoms with van der Waals surface area (Å²) >= 11 is 1.90. The molecular weight excluding hydrogens is 677 g/mol. The lowest BCUT2D eigenvalue weighted by Crippen LogP contribution is -2.55. The van der Waals surface area contributed by atoms with Gasteiger partial charge in [-0.1, -0.05) is 97.1 Å². The molecule has 0 N–H and O–H groups in total. The van der Waals surface area contributed by atoms with E-state index in [9.17, 15) is 0 Å². The Kier molecular flexibility index (Phi) is 5.95. The molecule has 3 aromatic heterocycles. The Morgan fingerprint density at radius 3 is 2.11 bits per heavy atom. The van der Waals surface area contributed by atoms with Crippen molar-refractivity contribution in [2.24, 2.45) is 23.7 Å². The summed E-state index contributed by atoms with van der Waals surface area (Å²) in [5.41, 5.74) is 13.9. The number of furan rings is 1. The largest absolute Gasteiger partial charge is 0.452 e. The average molecular weight is 713 g/mol. The molecule has 5 aliphatic carbocycles. The van der Waals surface area contributed by atoms with Crippen molar-refractivity contribution >= 4 is 53.6 Å². The van der Waals surface area contributed by atoms with Gasteiger partial charge in [0.15, 0.2) is 11.4 Å². The van der Waals surface area contributed by atoms with Crippen LogP contribution in [0.25, 0.3) is 87.1 Å². The van der Waals surface area contributed by atoms with Gasteiger partial charge in [-0.25, -0.2) is 9.97 Å². The highest BCUT2D eigenvalue weighted by Crippen LogP contribution is 2.70. The molecule has 0 radical (unpaired) electrons. The molecule has 4 saturated carbocycles. The molecule has 4 heteroatoms. The minimum absolute atomic E-state index is 0.0144. The number of rotatable bonds is 3. The molecule has 3 nitrogen and oxygen atoms in total. The van der Waals surface area contributed by atoms with Gasteiger partial charge in [0, 0.05) is 42.1 Å². The van der Waals surface area contributed by atoms with Crippen molar-refractivity contribution in [1.29, 1.82) is 0 Å². The van der Waals surface area contributed by atoms with E-state index < -0.39 is 0 Å². The zero-order valence-corrected chi connectivity index (χ0v) is 30.6. The van der Waals surface area contributed by atoms with Gasteiger partial charge >= 0.3 is 0 Å². The van der Waals surface area contributed by atoms with Gasteiger partial charge in [-0.2, -0.15) is 0 Å². The third-order valence-corrected chi connectivity index (χ3v) is 15.0. The second-order valence-corrected chi connectivity index (χ2v) is 17.6. The Hall–Kier alpha value is -5.58. The zero-order valence-electron chi connectivity index (χ0n) is 29.8. The number of fused-ring (bicyclic) bond motifs is 9. The van der Waals surface area contributed by atoms with Crippen LogP contribution in [0.15, 0.2) is 138 Å². The minimum atomic E-state index is 0.0144. The summed E-state index contributed by atoms with van der Waals surface area (Å²) in [6.07, 6.45) is 6.81. The molecule has 0 atom stereocenters. The van der Waals surface area contributed by atoms with Gasteiger partial charge in [0.2, 0.25) is 0 Å². The van der Waals surface area contributed by atoms with Crippen molar-refractivity contribution in [3.05, 3.63) is 145 Å². The molecule has 0 amide bonds. The highest BCUT2D eigenvalue weighted by atomic mass is 32.1. The fourth-order valence-electron chi connectivity index (χ4n) is 12.0. The van der Waals surface area contributed by atoms with Crippen LogP contribution >= 0.6 is 11.3 Å². The lowest BCUT2D eigenvalue weighted by atomic mass is 9.43. The molecule has 0 saturated heterocycles. The second-order valence-electron chi connectivity index (χ2n) is 16.5. The number of aromatic nitrogens is 2. The molecule has 4 bridgehead atoms. The van der Waals surface area contributed by atoms with Gasteiger partial charge in [0.1, 0.15) is 16.8 Å². The van der Waals surface area contributed by atoms with E-state index >= 15 is 0 Å². The molecule has 258 valence electrons. The maximum atomic E-state index is 6.53. The molecule has 5 aliphatic rings. The summed E-state index contributed by atoms with van der Waals surface area (Å²) < 4.78 is 9.20. The van der Waals surface area contributed by atoms with Gasteiger partial charge in [0.05, 0.1) is 0 Å². The highest BCUT2D eigenvalue weighted by Gasteiger charge is 2.61. The third-order valence-electron chi connectivity index (χ3n) is 13.9. The summed E-state index contributed by atoms with van der Waals surface area (Å²) in [5.74, 6) is 3.83. The zero-order chi connectivity index (χ0) is 35.1. The van der Waals surface area contributed by atoms with Crippen molar-refractivity contribution in [2.75, 3.05) is 0 Å². The Balaban J connectivity index is 1.13. The maximum Gasteiger partial charge on any atom is 0.180 e. The number of thiophene rings is 1. The van der Waals surface area contributed by atoms with Crippen LogP contribution in [0.5, 0.6) is 0 Å². The Labute approximate surface area is 317 Å². The van der Waals surface area contributed by atoms with E-state index in [0.29, 0.717) is 11.8 Å². The van der Waals surface area contributed by atoms with Crippen LogP contribution in [0.2, 0.25) is 0 Å². The number of hydrogen-bond acceptors (Lipinski definition) is 4.